The Morgan fingerprint density at radius 1 is 1.38 bits per heavy atom. The number of halogens is 1. The first kappa shape index (κ1) is 18.5. The fourth-order valence-electron chi connectivity index (χ4n) is 2.18. The number of H-pyrrole nitrogens is 1. The summed E-state index contributed by atoms with van der Waals surface area (Å²) in [5, 5.41) is 0. The number of hydrogen-bond donors (Lipinski definition) is 2. The molecule has 0 amide bonds. The Labute approximate surface area is 151 Å². The molecule has 3 N–H and O–H groups in total. The van der Waals surface area contributed by atoms with Crippen LogP contribution in [0.2, 0.25) is 0 Å². The molecule has 0 saturated heterocycles. The van der Waals surface area contributed by atoms with Crippen LogP contribution < -0.4 is 17.0 Å². The van der Waals surface area contributed by atoms with Crippen molar-refractivity contribution in [2.24, 2.45) is 5.92 Å². The zero-order valence-electron chi connectivity index (χ0n) is 13.3. The molecule has 0 aliphatic carbocycles. The Kier molecular flexibility index (Phi) is 6.06. The predicted molar refractivity (Wildman–Crippen MR) is 99.8 cm³/mol. The van der Waals surface area contributed by atoms with Gasteiger partial charge in [-0.05, 0) is 24.1 Å². The third-order valence-electron chi connectivity index (χ3n) is 3.23. The number of ketones is 1. The van der Waals surface area contributed by atoms with E-state index in [0.29, 0.717) is 6.54 Å². The number of hydrogen-bond acceptors (Lipinski definition) is 5. The monoisotopic (exact) mass is 411 g/mol. The zero-order valence-corrected chi connectivity index (χ0v) is 15.7. The molecule has 24 heavy (non-hydrogen) atoms. The molecule has 0 saturated carbocycles. The lowest BCUT2D eigenvalue weighted by Crippen LogP contribution is -2.37. The molecule has 0 spiro atoms. The number of anilines is 1. The van der Waals surface area contributed by atoms with Crippen molar-refractivity contribution in [3.05, 3.63) is 55.1 Å². The fourth-order valence-corrected chi connectivity index (χ4v) is 3.56. The quantitative estimate of drug-likeness (QED) is 0.561. The molecule has 0 unspecified atom stereocenters. The summed E-state index contributed by atoms with van der Waals surface area (Å²) in [6.45, 7) is 4.17. The van der Waals surface area contributed by atoms with Crippen LogP contribution in [-0.4, -0.2) is 21.1 Å². The van der Waals surface area contributed by atoms with Gasteiger partial charge >= 0.3 is 5.69 Å². The van der Waals surface area contributed by atoms with E-state index in [-0.39, 0.29) is 23.1 Å². The molecule has 8 heteroatoms. The summed E-state index contributed by atoms with van der Waals surface area (Å²) in [6.07, 6.45) is 0. The first-order chi connectivity index (χ1) is 11.3. The average molecular weight is 412 g/mol. The maximum atomic E-state index is 12.4. The summed E-state index contributed by atoms with van der Waals surface area (Å²) in [5.74, 6) is -0.271. The molecular weight excluding hydrogens is 394 g/mol. The van der Waals surface area contributed by atoms with Gasteiger partial charge in [-0.3, -0.25) is 19.1 Å². The van der Waals surface area contributed by atoms with Gasteiger partial charge in [0, 0.05) is 15.9 Å². The minimum atomic E-state index is -0.739. The van der Waals surface area contributed by atoms with Crippen LogP contribution in [0.3, 0.4) is 0 Å². The SMILES string of the molecule is CC(C)Cn1c(N)c(C(=O)CSc2cccc(Br)c2)c(=O)[nH]c1=O. The Balaban J connectivity index is 2.29. The number of nitrogens with zero attached hydrogens (tertiary/aromatic N) is 1. The number of aromatic amines is 1. The van der Waals surface area contributed by atoms with Crippen LogP contribution in [0, 0.1) is 5.92 Å². The molecule has 0 bridgehead atoms. The summed E-state index contributed by atoms with van der Waals surface area (Å²) in [4.78, 5) is 39.4. The first-order valence-corrected chi connectivity index (χ1v) is 9.11. The molecule has 1 heterocycles. The lowest BCUT2D eigenvalue weighted by Gasteiger charge is -2.13. The van der Waals surface area contributed by atoms with Crippen LogP contribution in [0.25, 0.3) is 0 Å². The summed E-state index contributed by atoms with van der Waals surface area (Å²) in [5.41, 5.74) is 4.44. The molecule has 1 aromatic carbocycles. The third-order valence-corrected chi connectivity index (χ3v) is 4.72. The highest BCUT2D eigenvalue weighted by molar-refractivity contribution is 9.10. The van der Waals surface area contributed by atoms with E-state index >= 15 is 0 Å². The molecule has 6 nitrogen and oxygen atoms in total. The first-order valence-electron chi connectivity index (χ1n) is 7.33. The highest BCUT2D eigenvalue weighted by Gasteiger charge is 2.19. The lowest BCUT2D eigenvalue weighted by molar-refractivity contribution is 0.102. The number of carbonyl (C=O) groups excluding carboxylic acids is 1. The maximum absolute atomic E-state index is 12.4. The van der Waals surface area contributed by atoms with Crippen molar-refractivity contribution >= 4 is 39.3 Å². The molecule has 128 valence electrons. The summed E-state index contributed by atoms with van der Waals surface area (Å²) < 4.78 is 2.14. The highest BCUT2D eigenvalue weighted by Crippen LogP contribution is 2.23. The van der Waals surface area contributed by atoms with E-state index in [2.05, 4.69) is 20.9 Å². The van der Waals surface area contributed by atoms with Crippen LogP contribution >= 0.6 is 27.7 Å². The molecule has 2 rings (SSSR count). The van der Waals surface area contributed by atoms with Crippen molar-refractivity contribution in [1.29, 1.82) is 0 Å². The number of nitrogen functional groups attached to an aromatic ring is 1. The maximum Gasteiger partial charge on any atom is 0.329 e. The molecule has 0 aliphatic rings. The summed E-state index contributed by atoms with van der Waals surface area (Å²) in [6, 6.07) is 7.50. The van der Waals surface area contributed by atoms with Gasteiger partial charge in [-0.25, -0.2) is 4.79 Å². The van der Waals surface area contributed by atoms with Gasteiger partial charge in [0.05, 0.1) is 5.75 Å². The zero-order chi connectivity index (χ0) is 17.9. The molecule has 0 fully saturated rings. The molecule has 0 aliphatic heterocycles. The minimum Gasteiger partial charge on any atom is -0.384 e. The number of nitrogens with two attached hydrogens (primary N) is 1. The van der Waals surface area contributed by atoms with Gasteiger partial charge in [-0.1, -0.05) is 35.8 Å². The van der Waals surface area contributed by atoms with Gasteiger partial charge in [0.15, 0.2) is 5.78 Å². The Morgan fingerprint density at radius 3 is 2.71 bits per heavy atom. The van der Waals surface area contributed by atoms with Gasteiger partial charge in [0.25, 0.3) is 5.56 Å². The van der Waals surface area contributed by atoms with Crippen LogP contribution in [0.15, 0.2) is 43.2 Å². The van der Waals surface area contributed by atoms with E-state index in [1.807, 2.05) is 38.1 Å². The second kappa shape index (κ2) is 7.85. The van der Waals surface area contributed by atoms with E-state index in [1.165, 1.54) is 16.3 Å². The van der Waals surface area contributed by atoms with E-state index in [1.54, 1.807) is 0 Å². The van der Waals surface area contributed by atoms with Crippen LogP contribution in [-0.2, 0) is 6.54 Å². The van der Waals surface area contributed by atoms with Crippen molar-refractivity contribution in [1.82, 2.24) is 9.55 Å². The van der Waals surface area contributed by atoms with Crippen LogP contribution in [0.5, 0.6) is 0 Å². The molecule has 0 atom stereocenters. The largest absolute Gasteiger partial charge is 0.384 e. The van der Waals surface area contributed by atoms with Crippen LogP contribution in [0.1, 0.15) is 24.2 Å². The van der Waals surface area contributed by atoms with Gasteiger partial charge in [0.2, 0.25) is 0 Å². The number of rotatable bonds is 6. The highest BCUT2D eigenvalue weighted by atomic mass is 79.9. The Morgan fingerprint density at radius 2 is 2.08 bits per heavy atom. The molecule has 2 aromatic rings. The average Bonchev–Trinajstić information content (AvgIpc) is 2.49. The van der Waals surface area contributed by atoms with Gasteiger partial charge in [-0.2, -0.15) is 0 Å². The number of nitrogens with one attached hydrogen (secondary N) is 1. The van der Waals surface area contributed by atoms with E-state index in [4.69, 9.17) is 5.73 Å². The Hall–Kier alpha value is -1.80. The van der Waals surface area contributed by atoms with Gasteiger partial charge in [0.1, 0.15) is 11.4 Å². The normalized spacial score (nSPS) is 11.0. The fraction of sp³-hybridized carbons (Fsp3) is 0.312. The number of carbonyl (C=O) groups is 1. The smallest absolute Gasteiger partial charge is 0.329 e. The van der Waals surface area contributed by atoms with Crippen molar-refractivity contribution in [2.45, 2.75) is 25.3 Å². The lowest BCUT2D eigenvalue weighted by atomic mass is 10.2. The number of thioether (sulfide) groups is 1. The van der Waals surface area contributed by atoms with E-state index in [0.717, 1.165) is 9.37 Å². The van der Waals surface area contributed by atoms with Crippen molar-refractivity contribution < 1.29 is 4.79 Å². The molecule has 0 radical (unpaired) electrons. The van der Waals surface area contributed by atoms with Crippen molar-refractivity contribution in [3.63, 3.8) is 0 Å². The third kappa shape index (κ3) is 4.39. The summed E-state index contributed by atoms with van der Waals surface area (Å²) in [7, 11) is 0. The Bertz CT molecular complexity index is 874. The van der Waals surface area contributed by atoms with Gasteiger partial charge in [-0.15, -0.1) is 11.8 Å². The van der Waals surface area contributed by atoms with Crippen molar-refractivity contribution in [2.75, 3.05) is 11.5 Å². The topological polar surface area (TPSA) is 97.9 Å². The standard InChI is InChI=1S/C16H18BrN3O3S/c1-9(2)7-20-14(18)13(15(22)19-16(20)23)12(21)8-24-11-5-3-4-10(17)6-11/h3-6,9H,7-8,18H2,1-2H3,(H,19,22,23). The number of aromatic nitrogens is 2. The number of Topliss-reactive ketones (excluding diaryl/α,β-unsaturated/α-hetero) is 1. The van der Waals surface area contributed by atoms with E-state index < -0.39 is 17.0 Å². The van der Waals surface area contributed by atoms with Crippen LogP contribution in [0.4, 0.5) is 5.82 Å². The predicted octanol–water partition coefficient (Wildman–Crippen LogP) is 2.51. The molecular formula is C16H18BrN3O3S. The molecule has 1 aromatic heterocycles. The number of benzene rings is 1. The van der Waals surface area contributed by atoms with Gasteiger partial charge < -0.3 is 5.73 Å². The van der Waals surface area contributed by atoms with Crippen molar-refractivity contribution in [3.8, 4) is 0 Å². The second-order valence-corrected chi connectivity index (χ2v) is 7.66. The second-order valence-electron chi connectivity index (χ2n) is 5.69. The summed E-state index contributed by atoms with van der Waals surface area (Å²) >= 11 is 4.67. The minimum absolute atomic E-state index is 0.0591. The van der Waals surface area contributed by atoms with E-state index in [9.17, 15) is 14.4 Å².